The van der Waals surface area contributed by atoms with Crippen LogP contribution in [0.15, 0.2) is 4.99 Å². The van der Waals surface area contributed by atoms with Crippen LogP contribution in [0.1, 0.15) is 52.9 Å². The predicted octanol–water partition coefficient (Wildman–Crippen LogP) is 0.844. The number of nitrogens with zero attached hydrogens (tertiary/aromatic N) is 2. The summed E-state index contributed by atoms with van der Waals surface area (Å²) in [7, 11) is 0. The molecule has 1 saturated carbocycles. The largest absolute Gasteiger partial charge is 0.369 e. The number of nitrogens with one attached hydrogen (secondary N) is 2. The van der Waals surface area contributed by atoms with Gasteiger partial charge in [0.1, 0.15) is 0 Å². The maximum atomic E-state index is 12.5. The van der Waals surface area contributed by atoms with Crippen molar-refractivity contribution in [2.45, 2.75) is 58.9 Å². The molecule has 2 aliphatic rings. The fraction of sp³-hybridized carbons (Fsp3) is 0.833. The predicted molar refractivity (Wildman–Crippen MR) is 99.0 cm³/mol. The first-order chi connectivity index (χ1) is 11.8. The van der Waals surface area contributed by atoms with Crippen LogP contribution in [0.2, 0.25) is 0 Å². The van der Waals surface area contributed by atoms with Gasteiger partial charge in [0, 0.05) is 31.6 Å². The SMILES string of the molecule is CCNC(=NCC(C)(C)C(N)=O)NC1CCN(C(=O)C2CCCC2)C1. The minimum Gasteiger partial charge on any atom is -0.369 e. The van der Waals surface area contributed by atoms with Gasteiger partial charge in [0.2, 0.25) is 11.8 Å². The molecule has 7 heteroatoms. The van der Waals surface area contributed by atoms with Crippen LogP contribution < -0.4 is 16.4 Å². The second-order valence-corrected chi connectivity index (χ2v) is 7.84. The number of guanidine groups is 1. The van der Waals surface area contributed by atoms with Crippen molar-refractivity contribution in [3.8, 4) is 0 Å². The number of amides is 2. The first-order valence-electron chi connectivity index (χ1n) is 9.47. The van der Waals surface area contributed by atoms with Crippen molar-refractivity contribution in [3.63, 3.8) is 0 Å². The Balaban J connectivity index is 1.89. The van der Waals surface area contributed by atoms with E-state index in [0.29, 0.717) is 18.4 Å². The lowest BCUT2D eigenvalue weighted by Crippen LogP contribution is -2.46. The Hall–Kier alpha value is -1.79. The molecule has 0 aromatic heterocycles. The van der Waals surface area contributed by atoms with Crippen LogP contribution in [0.5, 0.6) is 0 Å². The maximum Gasteiger partial charge on any atom is 0.225 e. The second kappa shape index (κ2) is 8.54. The quantitative estimate of drug-likeness (QED) is 0.488. The summed E-state index contributed by atoms with van der Waals surface area (Å²) in [5.41, 5.74) is 4.73. The monoisotopic (exact) mass is 351 g/mol. The molecule has 25 heavy (non-hydrogen) atoms. The minimum atomic E-state index is -0.678. The Morgan fingerprint density at radius 2 is 1.92 bits per heavy atom. The zero-order valence-corrected chi connectivity index (χ0v) is 15.8. The number of hydrogen-bond acceptors (Lipinski definition) is 3. The number of aliphatic imine (C=N–C) groups is 1. The molecular formula is C18H33N5O2. The van der Waals surface area contributed by atoms with Gasteiger partial charge in [0.15, 0.2) is 5.96 Å². The number of nitrogens with two attached hydrogens (primary N) is 1. The molecule has 0 spiro atoms. The molecule has 1 atom stereocenters. The molecule has 1 aliphatic carbocycles. The lowest BCUT2D eigenvalue weighted by molar-refractivity contribution is -0.134. The summed E-state index contributed by atoms with van der Waals surface area (Å²) in [6.07, 6.45) is 5.36. The van der Waals surface area contributed by atoms with E-state index < -0.39 is 5.41 Å². The first-order valence-corrected chi connectivity index (χ1v) is 9.47. The van der Waals surface area contributed by atoms with Crippen molar-refractivity contribution < 1.29 is 9.59 Å². The van der Waals surface area contributed by atoms with E-state index in [0.717, 1.165) is 38.9 Å². The van der Waals surface area contributed by atoms with Gasteiger partial charge in [-0.2, -0.15) is 0 Å². The van der Waals surface area contributed by atoms with Crippen molar-refractivity contribution in [1.29, 1.82) is 0 Å². The zero-order chi connectivity index (χ0) is 18.4. The molecule has 0 aromatic rings. The van der Waals surface area contributed by atoms with Gasteiger partial charge >= 0.3 is 0 Å². The summed E-state index contributed by atoms with van der Waals surface area (Å²) in [6, 6.07) is 0.194. The van der Waals surface area contributed by atoms with Gasteiger partial charge in [0.05, 0.1) is 12.0 Å². The first kappa shape index (κ1) is 19.5. The van der Waals surface area contributed by atoms with Gasteiger partial charge in [-0.3, -0.25) is 14.6 Å². The van der Waals surface area contributed by atoms with Crippen molar-refractivity contribution in [2.24, 2.45) is 22.1 Å². The van der Waals surface area contributed by atoms with Crippen LogP contribution in [0.3, 0.4) is 0 Å². The summed E-state index contributed by atoms with van der Waals surface area (Å²) in [5.74, 6) is 0.869. The molecule has 0 bridgehead atoms. The number of carbonyl (C=O) groups excluding carboxylic acids is 2. The second-order valence-electron chi connectivity index (χ2n) is 7.84. The molecule has 1 aliphatic heterocycles. The lowest BCUT2D eigenvalue weighted by atomic mass is 9.93. The topological polar surface area (TPSA) is 99.8 Å². The third-order valence-corrected chi connectivity index (χ3v) is 5.19. The van der Waals surface area contributed by atoms with Crippen LogP contribution in [-0.2, 0) is 9.59 Å². The van der Waals surface area contributed by atoms with Gasteiger partial charge in [-0.25, -0.2) is 0 Å². The van der Waals surface area contributed by atoms with E-state index in [1.165, 1.54) is 12.8 Å². The summed E-state index contributed by atoms with van der Waals surface area (Å²) < 4.78 is 0. The highest BCUT2D eigenvalue weighted by molar-refractivity contribution is 5.83. The fourth-order valence-corrected chi connectivity index (χ4v) is 3.38. The number of rotatable bonds is 6. The number of hydrogen-bond donors (Lipinski definition) is 3. The van der Waals surface area contributed by atoms with Crippen LogP contribution >= 0.6 is 0 Å². The summed E-state index contributed by atoms with van der Waals surface area (Å²) in [5, 5.41) is 6.60. The number of primary amides is 1. The molecule has 1 heterocycles. The van der Waals surface area contributed by atoms with E-state index in [-0.39, 0.29) is 17.9 Å². The van der Waals surface area contributed by atoms with E-state index in [4.69, 9.17) is 5.73 Å². The summed E-state index contributed by atoms with van der Waals surface area (Å²) in [4.78, 5) is 30.5. The standard InChI is InChI=1S/C18H33N5O2/c1-4-20-17(21-12-18(2,3)16(19)25)22-14-9-10-23(11-14)15(24)13-7-5-6-8-13/h13-14H,4-12H2,1-3H3,(H2,19,25)(H2,20,21,22). The summed E-state index contributed by atoms with van der Waals surface area (Å²) in [6.45, 7) is 8.18. The van der Waals surface area contributed by atoms with E-state index >= 15 is 0 Å². The minimum absolute atomic E-state index is 0.194. The highest BCUT2D eigenvalue weighted by Gasteiger charge is 2.32. The molecule has 1 saturated heterocycles. The van der Waals surface area contributed by atoms with Crippen LogP contribution in [0.25, 0.3) is 0 Å². The molecule has 0 radical (unpaired) electrons. The Morgan fingerprint density at radius 1 is 1.24 bits per heavy atom. The summed E-state index contributed by atoms with van der Waals surface area (Å²) >= 11 is 0. The van der Waals surface area contributed by atoms with Gasteiger partial charge < -0.3 is 21.3 Å². The third-order valence-electron chi connectivity index (χ3n) is 5.19. The molecule has 2 fully saturated rings. The fourth-order valence-electron chi connectivity index (χ4n) is 3.38. The van der Waals surface area contributed by atoms with Gasteiger partial charge in [-0.1, -0.05) is 12.8 Å². The Bertz CT molecular complexity index is 512. The number of carbonyl (C=O) groups is 2. The van der Waals surface area contributed by atoms with Gasteiger partial charge in [0.25, 0.3) is 0 Å². The average Bonchev–Trinajstić information content (AvgIpc) is 3.24. The van der Waals surface area contributed by atoms with Gasteiger partial charge in [-0.15, -0.1) is 0 Å². The van der Waals surface area contributed by atoms with E-state index in [1.54, 1.807) is 13.8 Å². The Kier molecular flexibility index (Phi) is 6.67. The van der Waals surface area contributed by atoms with Crippen LogP contribution in [0, 0.1) is 11.3 Å². The molecule has 2 rings (SSSR count). The van der Waals surface area contributed by atoms with E-state index in [9.17, 15) is 9.59 Å². The molecule has 7 nitrogen and oxygen atoms in total. The Morgan fingerprint density at radius 3 is 2.52 bits per heavy atom. The van der Waals surface area contributed by atoms with Crippen molar-refractivity contribution in [1.82, 2.24) is 15.5 Å². The van der Waals surface area contributed by atoms with E-state index in [1.807, 2.05) is 11.8 Å². The molecular weight excluding hydrogens is 318 g/mol. The third kappa shape index (κ3) is 5.34. The molecule has 142 valence electrons. The highest BCUT2D eigenvalue weighted by atomic mass is 16.2. The average molecular weight is 351 g/mol. The number of likely N-dealkylation sites (tertiary alicyclic amines) is 1. The molecule has 1 unspecified atom stereocenters. The highest BCUT2D eigenvalue weighted by Crippen LogP contribution is 2.27. The molecule has 0 aromatic carbocycles. The van der Waals surface area contributed by atoms with Gasteiger partial charge in [-0.05, 0) is 40.0 Å². The smallest absolute Gasteiger partial charge is 0.225 e. The van der Waals surface area contributed by atoms with Crippen LogP contribution in [0.4, 0.5) is 0 Å². The maximum absolute atomic E-state index is 12.5. The van der Waals surface area contributed by atoms with Crippen molar-refractivity contribution >= 4 is 17.8 Å². The van der Waals surface area contributed by atoms with Crippen molar-refractivity contribution in [2.75, 3.05) is 26.2 Å². The molecule has 4 N–H and O–H groups in total. The normalized spacial score (nSPS) is 22.3. The van der Waals surface area contributed by atoms with E-state index in [2.05, 4.69) is 15.6 Å². The molecule has 2 amide bonds. The van der Waals surface area contributed by atoms with Crippen molar-refractivity contribution in [3.05, 3.63) is 0 Å². The lowest BCUT2D eigenvalue weighted by Gasteiger charge is -2.22. The van der Waals surface area contributed by atoms with Crippen LogP contribution in [-0.4, -0.2) is 54.9 Å². The Labute approximate surface area is 150 Å². The zero-order valence-electron chi connectivity index (χ0n) is 15.8.